The van der Waals surface area contributed by atoms with Crippen LogP contribution in [0.1, 0.15) is 5.69 Å². The van der Waals surface area contributed by atoms with Gasteiger partial charge in [-0.15, -0.1) is 0 Å². The lowest BCUT2D eigenvalue weighted by molar-refractivity contribution is -0.390. The number of aryl methyl sites for hydroxylation is 1. The van der Waals surface area contributed by atoms with Crippen LogP contribution in [0.15, 0.2) is 23.2 Å². The van der Waals surface area contributed by atoms with Crippen molar-refractivity contribution in [2.45, 2.75) is 6.54 Å². The Bertz CT molecular complexity index is 532. The van der Waals surface area contributed by atoms with E-state index in [1.165, 1.54) is 4.68 Å². The van der Waals surface area contributed by atoms with Gasteiger partial charge in [-0.2, -0.15) is 4.68 Å². The topological polar surface area (TPSA) is 78.8 Å². The number of rotatable bonds is 3. The molecule has 2 heterocycles. The van der Waals surface area contributed by atoms with Crippen LogP contribution in [0.25, 0.3) is 0 Å². The van der Waals surface area contributed by atoms with Gasteiger partial charge >= 0.3 is 5.82 Å². The Morgan fingerprint density at radius 2 is 2.31 bits per heavy atom. The van der Waals surface area contributed by atoms with E-state index in [9.17, 15) is 10.1 Å². The van der Waals surface area contributed by atoms with E-state index in [4.69, 9.17) is 0 Å². The average Bonchev–Trinajstić information content (AvgIpc) is 2.73. The molecule has 0 spiro atoms. The van der Waals surface area contributed by atoms with Crippen LogP contribution in [0.2, 0.25) is 0 Å². The Morgan fingerprint density at radius 1 is 1.56 bits per heavy atom. The molecule has 2 aromatic heterocycles. The number of nitrogens with zero attached hydrogens (tertiary/aromatic N) is 5. The van der Waals surface area contributed by atoms with Gasteiger partial charge in [0.15, 0.2) is 0 Å². The predicted octanol–water partition coefficient (Wildman–Crippen LogP) is 1.34. The number of hydrogen-bond acceptors (Lipinski definition) is 4. The maximum absolute atomic E-state index is 10.6. The van der Waals surface area contributed by atoms with Crippen LogP contribution in [-0.2, 0) is 13.6 Å². The van der Waals surface area contributed by atoms with Gasteiger partial charge in [0.2, 0.25) is 0 Å². The summed E-state index contributed by atoms with van der Waals surface area (Å²) in [4.78, 5) is 14.2. The summed E-state index contributed by atoms with van der Waals surface area (Å²) >= 11 is 3.09. The fourth-order valence-corrected chi connectivity index (χ4v) is 1.77. The first-order chi connectivity index (χ1) is 7.56. The summed E-state index contributed by atoms with van der Waals surface area (Å²) < 4.78 is 3.65. The first kappa shape index (κ1) is 10.8. The Hall–Kier alpha value is -1.70. The molecule has 0 aliphatic rings. The van der Waals surface area contributed by atoms with E-state index in [1.807, 2.05) is 17.8 Å². The van der Waals surface area contributed by atoms with Gasteiger partial charge < -0.3 is 14.7 Å². The van der Waals surface area contributed by atoms with E-state index in [2.05, 4.69) is 26.0 Å². The van der Waals surface area contributed by atoms with Crippen LogP contribution in [0.5, 0.6) is 0 Å². The van der Waals surface area contributed by atoms with Gasteiger partial charge in [-0.25, -0.2) is 4.98 Å². The van der Waals surface area contributed by atoms with Crippen molar-refractivity contribution in [3.8, 4) is 0 Å². The molecule has 8 heteroatoms. The van der Waals surface area contributed by atoms with Gasteiger partial charge in [0.05, 0.1) is 23.3 Å². The molecule has 0 radical (unpaired) electrons. The second-order valence-corrected chi connectivity index (χ2v) is 4.14. The molecular formula is C8H8BrN5O2. The summed E-state index contributed by atoms with van der Waals surface area (Å²) in [5.74, 6) is -0.184. The summed E-state index contributed by atoms with van der Waals surface area (Å²) in [6, 6.07) is 0. The zero-order chi connectivity index (χ0) is 11.7. The van der Waals surface area contributed by atoms with Crippen LogP contribution in [0.3, 0.4) is 0 Å². The molecule has 0 N–H and O–H groups in total. The molecule has 0 bridgehead atoms. The highest BCUT2D eigenvalue weighted by atomic mass is 79.9. The number of aromatic nitrogens is 4. The van der Waals surface area contributed by atoms with Gasteiger partial charge in [-0.3, -0.25) is 0 Å². The average molecular weight is 286 g/mol. The summed E-state index contributed by atoms with van der Waals surface area (Å²) in [6.07, 6.45) is 5.07. The summed E-state index contributed by atoms with van der Waals surface area (Å²) in [5, 5.41) is 14.4. The number of nitro groups is 1. The molecule has 0 amide bonds. The molecule has 2 aromatic rings. The van der Waals surface area contributed by atoms with Crippen LogP contribution < -0.4 is 0 Å². The van der Waals surface area contributed by atoms with E-state index >= 15 is 0 Å². The van der Waals surface area contributed by atoms with Crippen molar-refractivity contribution in [3.63, 3.8) is 0 Å². The molecule has 0 aromatic carbocycles. The minimum Gasteiger partial charge on any atom is -0.358 e. The minimum atomic E-state index is -0.529. The van der Waals surface area contributed by atoms with Crippen LogP contribution in [-0.4, -0.2) is 24.3 Å². The zero-order valence-corrected chi connectivity index (χ0v) is 9.96. The highest BCUT2D eigenvalue weighted by Gasteiger charge is 2.18. The second kappa shape index (κ2) is 4.05. The zero-order valence-electron chi connectivity index (χ0n) is 8.37. The monoisotopic (exact) mass is 285 g/mol. The standard InChI is InChI=1S/C8H8BrN5O2/c1-12-2-6(10-5-12)3-13-4-7(9)8(11-13)14(15)16/h2,4-5H,3H2,1H3. The number of halogens is 1. The molecule has 0 unspecified atom stereocenters. The molecular weight excluding hydrogens is 278 g/mol. The first-order valence-corrected chi connectivity index (χ1v) is 5.20. The Morgan fingerprint density at radius 3 is 2.81 bits per heavy atom. The normalized spacial score (nSPS) is 10.6. The van der Waals surface area contributed by atoms with Gasteiger partial charge in [-0.05, 0) is 20.9 Å². The van der Waals surface area contributed by atoms with E-state index in [-0.39, 0.29) is 5.82 Å². The molecule has 84 valence electrons. The molecule has 0 saturated heterocycles. The summed E-state index contributed by atoms with van der Waals surface area (Å²) in [6.45, 7) is 0.410. The highest BCUT2D eigenvalue weighted by Crippen LogP contribution is 2.22. The molecule has 16 heavy (non-hydrogen) atoms. The van der Waals surface area contributed by atoms with Crippen LogP contribution in [0, 0.1) is 10.1 Å². The Labute approximate surface area is 99.0 Å². The first-order valence-electron chi connectivity index (χ1n) is 4.40. The fourth-order valence-electron chi connectivity index (χ4n) is 1.31. The van der Waals surface area contributed by atoms with Crippen LogP contribution in [0.4, 0.5) is 5.82 Å². The lowest BCUT2D eigenvalue weighted by Gasteiger charge is -1.91. The third kappa shape index (κ3) is 2.11. The smallest absolute Gasteiger partial charge is 0.358 e. The lowest BCUT2D eigenvalue weighted by Crippen LogP contribution is -2.01. The SMILES string of the molecule is Cn1cnc(Cn2cc(Br)c([N+](=O)[O-])n2)c1. The van der Waals surface area contributed by atoms with E-state index in [1.54, 1.807) is 12.5 Å². The fraction of sp³-hybridized carbons (Fsp3) is 0.250. The highest BCUT2D eigenvalue weighted by molar-refractivity contribution is 9.10. The Balaban J connectivity index is 2.22. The molecule has 0 fully saturated rings. The minimum absolute atomic E-state index is 0.184. The summed E-state index contributed by atoms with van der Waals surface area (Å²) in [5.41, 5.74) is 0.799. The van der Waals surface area contributed by atoms with E-state index in [0.717, 1.165) is 5.69 Å². The van der Waals surface area contributed by atoms with Crippen molar-refractivity contribution in [2.24, 2.45) is 7.05 Å². The molecule has 0 saturated carbocycles. The lowest BCUT2D eigenvalue weighted by atomic mass is 10.5. The van der Waals surface area contributed by atoms with Gasteiger partial charge in [-0.1, -0.05) is 0 Å². The predicted molar refractivity (Wildman–Crippen MR) is 58.9 cm³/mol. The number of hydrogen-bond donors (Lipinski definition) is 0. The third-order valence-electron chi connectivity index (χ3n) is 1.95. The molecule has 2 rings (SSSR count). The molecule has 0 aliphatic carbocycles. The van der Waals surface area contributed by atoms with E-state index in [0.29, 0.717) is 11.0 Å². The molecule has 0 aliphatic heterocycles. The largest absolute Gasteiger partial charge is 0.404 e. The third-order valence-corrected chi connectivity index (χ3v) is 2.51. The maximum Gasteiger partial charge on any atom is 0.404 e. The van der Waals surface area contributed by atoms with Crippen molar-refractivity contribution in [2.75, 3.05) is 0 Å². The van der Waals surface area contributed by atoms with Crippen molar-refractivity contribution in [3.05, 3.63) is 39.0 Å². The van der Waals surface area contributed by atoms with E-state index < -0.39 is 4.92 Å². The Kier molecular flexibility index (Phi) is 2.73. The van der Waals surface area contributed by atoms with Gasteiger partial charge in [0.25, 0.3) is 0 Å². The van der Waals surface area contributed by atoms with Crippen molar-refractivity contribution >= 4 is 21.7 Å². The maximum atomic E-state index is 10.6. The number of imidazole rings is 1. The van der Waals surface area contributed by atoms with Gasteiger partial charge in [0, 0.05) is 13.2 Å². The van der Waals surface area contributed by atoms with Crippen LogP contribution >= 0.6 is 15.9 Å². The van der Waals surface area contributed by atoms with Crippen molar-refractivity contribution in [1.82, 2.24) is 19.3 Å². The quantitative estimate of drug-likeness (QED) is 0.630. The van der Waals surface area contributed by atoms with Gasteiger partial charge in [0.1, 0.15) is 11.0 Å². The molecule has 0 atom stereocenters. The second-order valence-electron chi connectivity index (χ2n) is 3.29. The summed E-state index contributed by atoms with van der Waals surface area (Å²) in [7, 11) is 1.86. The van der Waals surface area contributed by atoms with Crippen molar-refractivity contribution in [1.29, 1.82) is 0 Å². The molecule has 7 nitrogen and oxygen atoms in total. The van der Waals surface area contributed by atoms with Crippen molar-refractivity contribution < 1.29 is 4.92 Å².